The lowest BCUT2D eigenvalue weighted by Gasteiger charge is -2.16. The van der Waals surface area contributed by atoms with Gasteiger partial charge in [-0.25, -0.2) is 8.42 Å². The van der Waals surface area contributed by atoms with Crippen LogP contribution in [-0.4, -0.2) is 26.5 Å². The van der Waals surface area contributed by atoms with Crippen molar-refractivity contribution in [3.63, 3.8) is 0 Å². The zero-order valence-corrected chi connectivity index (χ0v) is 12.2. The predicted molar refractivity (Wildman–Crippen MR) is 73.4 cm³/mol. The third kappa shape index (κ3) is 4.46. The minimum atomic E-state index is -2.87. The maximum absolute atomic E-state index is 11.4. The van der Waals surface area contributed by atoms with Gasteiger partial charge < -0.3 is 9.73 Å². The molecule has 0 saturated carbocycles. The first kappa shape index (κ1) is 15.2. The number of furan rings is 1. The number of nitrogens with one attached hydrogen (secondary N) is 1. The second-order valence-corrected chi connectivity index (χ2v) is 6.93. The molecule has 1 unspecified atom stereocenters. The third-order valence-corrected chi connectivity index (χ3v) is 4.85. The highest BCUT2D eigenvalue weighted by atomic mass is 32.2. The highest BCUT2D eigenvalue weighted by Crippen LogP contribution is 2.23. The number of aryl methyl sites for hydroxylation is 1. The van der Waals surface area contributed by atoms with Crippen molar-refractivity contribution in [1.82, 2.24) is 5.32 Å². The monoisotopic (exact) mass is 273 g/mol. The van der Waals surface area contributed by atoms with Crippen molar-refractivity contribution in [2.75, 3.05) is 18.1 Å². The van der Waals surface area contributed by atoms with Crippen LogP contribution in [0.15, 0.2) is 16.7 Å². The standard InChI is InChI=1S/C13H23NO3S/c1-4-14-12(13-11(3)8-9-17-13)7-6-10-18(15,16)5-2/h8-9,12,14H,4-7,10H2,1-3H3. The highest BCUT2D eigenvalue weighted by Gasteiger charge is 2.17. The van der Waals surface area contributed by atoms with Gasteiger partial charge >= 0.3 is 0 Å². The molecule has 0 radical (unpaired) electrons. The molecule has 0 spiro atoms. The molecule has 0 fully saturated rings. The molecule has 5 heteroatoms. The summed E-state index contributed by atoms with van der Waals surface area (Å²) in [6.07, 6.45) is 3.12. The summed E-state index contributed by atoms with van der Waals surface area (Å²) in [5.41, 5.74) is 1.11. The summed E-state index contributed by atoms with van der Waals surface area (Å²) in [7, 11) is -2.87. The van der Waals surface area contributed by atoms with Crippen LogP contribution in [0.1, 0.15) is 44.1 Å². The Morgan fingerprint density at radius 2 is 2.11 bits per heavy atom. The fourth-order valence-electron chi connectivity index (χ4n) is 1.97. The van der Waals surface area contributed by atoms with Crippen LogP contribution in [0.2, 0.25) is 0 Å². The van der Waals surface area contributed by atoms with Crippen molar-refractivity contribution >= 4 is 9.84 Å². The van der Waals surface area contributed by atoms with Crippen molar-refractivity contribution in [1.29, 1.82) is 0 Å². The van der Waals surface area contributed by atoms with Gasteiger partial charge in [-0.05, 0) is 37.9 Å². The van der Waals surface area contributed by atoms with Crippen LogP contribution in [0.25, 0.3) is 0 Å². The first-order valence-corrected chi connectivity index (χ1v) is 8.30. The van der Waals surface area contributed by atoms with Crippen LogP contribution in [0, 0.1) is 6.92 Å². The molecule has 0 aliphatic rings. The zero-order valence-electron chi connectivity index (χ0n) is 11.4. The van der Waals surface area contributed by atoms with Crippen LogP contribution in [0.4, 0.5) is 0 Å². The van der Waals surface area contributed by atoms with Crippen LogP contribution in [0.3, 0.4) is 0 Å². The van der Waals surface area contributed by atoms with E-state index in [4.69, 9.17) is 4.42 Å². The maximum atomic E-state index is 11.4. The minimum absolute atomic E-state index is 0.108. The van der Waals surface area contributed by atoms with E-state index < -0.39 is 9.84 Å². The van der Waals surface area contributed by atoms with E-state index in [1.165, 1.54) is 0 Å². The molecular formula is C13H23NO3S. The third-order valence-electron chi connectivity index (χ3n) is 3.06. The Morgan fingerprint density at radius 1 is 1.39 bits per heavy atom. The van der Waals surface area contributed by atoms with Crippen LogP contribution >= 0.6 is 0 Å². The molecule has 104 valence electrons. The molecule has 0 aliphatic heterocycles. The van der Waals surface area contributed by atoms with Crippen molar-refractivity contribution in [3.8, 4) is 0 Å². The van der Waals surface area contributed by atoms with Gasteiger partial charge in [0.15, 0.2) is 0 Å². The Hall–Kier alpha value is -0.810. The topological polar surface area (TPSA) is 59.3 Å². The number of rotatable bonds is 8. The molecule has 1 aromatic rings. The number of hydrogen-bond acceptors (Lipinski definition) is 4. The zero-order chi connectivity index (χ0) is 13.6. The Kier molecular flexibility index (Phi) is 5.88. The van der Waals surface area contributed by atoms with Gasteiger partial charge in [0.2, 0.25) is 0 Å². The van der Waals surface area contributed by atoms with E-state index in [-0.39, 0.29) is 17.5 Å². The first-order chi connectivity index (χ1) is 8.50. The Bertz CT molecular complexity index is 451. The van der Waals surface area contributed by atoms with Crippen molar-refractivity contribution < 1.29 is 12.8 Å². The van der Waals surface area contributed by atoms with Gasteiger partial charge in [-0.2, -0.15) is 0 Å². The summed E-state index contributed by atoms with van der Waals surface area (Å²) < 4.78 is 28.4. The average Bonchev–Trinajstić information content (AvgIpc) is 2.74. The average molecular weight is 273 g/mol. The van der Waals surface area contributed by atoms with Gasteiger partial charge in [0.1, 0.15) is 15.6 Å². The Balaban J connectivity index is 2.57. The lowest BCUT2D eigenvalue weighted by molar-refractivity contribution is 0.396. The summed E-state index contributed by atoms with van der Waals surface area (Å²) in [5, 5.41) is 3.34. The highest BCUT2D eigenvalue weighted by molar-refractivity contribution is 7.91. The quantitative estimate of drug-likeness (QED) is 0.790. The number of sulfone groups is 1. The van der Waals surface area contributed by atoms with Crippen LogP contribution in [0.5, 0.6) is 0 Å². The summed E-state index contributed by atoms with van der Waals surface area (Å²) in [6.45, 7) is 6.57. The van der Waals surface area contributed by atoms with Crippen molar-refractivity contribution in [2.45, 2.75) is 39.7 Å². The molecule has 1 atom stereocenters. The minimum Gasteiger partial charge on any atom is -0.467 e. The van der Waals surface area contributed by atoms with E-state index in [9.17, 15) is 8.42 Å². The molecule has 18 heavy (non-hydrogen) atoms. The molecule has 4 nitrogen and oxygen atoms in total. The smallest absolute Gasteiger partial charge is 0.150 e. The molecule has 0 amide bonds. The lowest BCUT2D eigenvalue weighted by Crippen LogP contribution is -2.22. The maximum Gasteiger partial charge on any atom is 0.150 e. The second kappa shape index (κ2) is 6.95. The van der Waals surface area contributed by atoms with Gasteiger partial charge in [0.05, 0.1) is 18.1 Å². The Morgan fingerprint density at radius 3 is 2.61 bits per heavy atom. The molecule has 1 heterocycles. The molecule has 0 aliphatic carbocycles. The van der Waals surface area contributed by atoms with Gasteiger partial charge in [-0.3, -0.25) is 0 Å². The largest absolute Gasteiger partial charge is 0.467 e. The number of hydrogen-bond donors (Lipinski definition) is 1. The second-order valence-electron chi connectivity index (χ2n) is 4.46. The molecule has 0 saturated heterocycles. The van der Waals surface area contributed by atoms with Crippen LogP contribution < -0.4 is 5.32 Å². The molecule has 1 rings (SSSR count). The Labute approximate surface area is 110 Å². The van der Waals surface area contributed by atoms with Gasteiger partial charge in [-0.1, -0.05) is 13.8 Å². The van der Waals surface area contributed by atoms with E-state index in [0.717, 1.165) is 24.3 Å². The van der Waals surface area contributed by atoms with E-state index in [1.54, 1.807) is 13.2 Å². The molecule has 1 N–H and O–H groups in total. The summed E-state index contributed by atoms with van der Waals surface area (Å²) in [4.78, 5) is 0. The summed E-state index contributed by atoms with van der Waals surface area (Å²) >= 11 is 0. The molecule has 0 bridgehead atoms. The summed E-state index contributed by atoms with van der Waals surface area (Å²) in [5.74, 6) is 1.40. The molecular weight excluding hydrogens is 250 g/mol. The van der Waals surface area contributed by atoms with Gasteiger partial charge in [-0.15, -0.1) is 0 Å². The van der Waals surface area contributed by atoms with E-state index in [0.29, 0.717) is 6.42 Å². The van der Waals surface area contributed by atoms with Gasteiger partial charge in [0.25, 0.3) is 0 Å². The van der Waals surface area contributed by atoms with E-state index in [2.05, 4.69) is 5.32 Å². The fourth-order valence-corrected chi connectivity index (χ4v) is 2.86. The molecule has 1 aromatic heterocycles. The fraction of sp³-hybridized carbons (Fsp3) is 0.692. The molecule has 0 aromatic carbocycles. The lowest BCUT2D eigenvalue weighted by atomic mass is 10.1. The van der Waals surface area contributed by atoms with Gasteiger partial charge in [0, 0.05) is 5.75 Å². The van der Waals surface area contributed by atoms with Crippen molar-refractivity contribution in [2.24, 2.45) is 0 Å². The van der Waals surface area contributed by atoms with E-state index >= 15 is 0 Å². The predicted octanol–water partition coefficient (Wildman–Crippen LogP) is 2.45. The van der Waals surface area contributed by atoms with Crippen molar-refractivity contribution in [3.05, 3.63) is 23.7 Å². The summed E-state index contributed by atoms with van der Waals surface area (Å²) in [6, 6.07) is 2.04. The first-order valence-electron chi connectivity index (χ1n) is 6.48. The SMILES string of the molecule is CCNC(CCCS(=O)(=O)CC)c1occc1C. The van der Waals surface area contributed by atoms with E-state index in [1.807, 2.05) is 19.9 Å². The normalized spacial score (nSPS) is 13.7. The van der Waals surface area contributed by atoms with Crippen LogP contribution in [-0.2, 0) is 9.84 Å².